The first kappa shape index (κ1) is 15.6. The van der Waals surface area contributed by atoms with Gasteiger partial charge in [-0.05, 0) is 48.7 Å². The average molecular weight is 330 g/mol. The normalized spacial score (nSPS) is 13.7. The maximum Gasteiger partial charge on any atom is 0.258 e. The number of fused-ring (bicyclic) bond motifs is 1. The molecule has 0 fully saturated rings. The van der Waals surface area contributed by atoms with Crippen molar-refractivity contribution in [2.75, 3.05) is 22.4 Å². The van der Waals surface area contributed by atoms with E-state index in [1.165, 1.54) is 5.56 Å². The number of aryl methyl sites for hydroxylation is 1. The molecule has 0 atom stereocenters. The largest absolute Gasteiger partial charge is 0.308 e. The number of nitrogens with one attached hydrogen (secondary N) is 1. The molecule has 6 heteroatoms. The van der Waals surface area contributed by atoms with Crippen molar-refractivity contribution in [1.82, 2.24) is 0 Å². The highest BCUT2D eigenvalue weighted by Gasteiger charge is 2.25. The molecule has 0 saturated heterocycles. The molecule has 0 spiro atoms. The molecule has 120 valence electrons. The third kappa shape index (κ3) is 3.22. The summed E-state index contributed by atoms with van der Waals surface area (Å²) in [7, 11) is -3.33. The Morgan fingerprint density at radius 1 is 1.17 bits per heavy atom. The van der Waals surface area contributed by atoms with Gasteiger partial charge in [-0.1, -0.05) is 18.2 Å². The second kappa shape index (κ2) is 5.70. The molecule has 0 saturated carbocycles. The molecule has 1 aliphatic heterocycles. The number of benzene rings is 2. The number of carbonyl (C=O) groups is 1. The van der Waals surface area contributed by atoms with Crippen molar-refractivity contribution in [3.05, 3.63) is 59.2 Å². The van der Waals surface area contributed by atoms with Gasteiger partial charge in [0.25, 0.3) is 5.91 Å². The van der Waals surface area contributed by atoms with Gasteiger partial charge in [0, 0.05) is 17.8 Å². The lowest BCUT2D eigenvalue weighted by atomic mass is 10.1. The molecule has 0 radical (unpaired) electrons. The second-order valence-electron chi connectivity index (χ2n) is 5.74. The molecule has 3 rings (SSSR count). The number of nitrogens with zero attached hydrogens (tertiary/aromatic N) is 1. The first-order valence-corrected chi connectivity index (χ1v) is 9.22. The van der Waals surface area contributed by atoms with Crippen molar-refractivity contribution >= 4 is 27.3 Å². The lowest BCUT2D eigenvalue weighted by Gasteiger charge is -2.18. The zero-order chi connectivity index (χ0) is 16.6. The smallest absolute Gasteiger partial charge is 0.258 e. The number of para-hydroxylation sites is 1. The van der Waals surface area contributed by atoms with E-state index < -0.39 is 10.0 Å². The number of anilines is 2. The maximum absolute atomic E-state index is 12.7. The highest BCUT2D eigenvalue weighted by Crippen LogP contribution is 2.29. The van der Waals surface area contributed by atoms with Crippen LogP contribution in [0, 0.1) is 6.92 Å². The summed E-state index contributed by atoms with van der Waals surface area (Å²) >= 11 is 0. The average Bonchev–Trinajstić information content (AvgIpc) is 2.91. The van der Waals surface area contributed by atoms with Gasteiger partial charge < -0.3 is 4.90 Å². The molecule has 0 unspecified atom stereocenters. The van der Waals surface area contributed by atoms with Gasteiger partial charge in [-0.2, -0.15) is 0 Å². The monoisotopic (exact) mass is 330 g/mol. The zero-order valence-electron chi connectivity index (χ0n) is 13.0. The van der Waals surface area contributed by atoms with Crippen LogP contribution in [0.4, 0.5) is 11.4 Å². The van der Waals surface area contributed by atoms with E-state index in [2.05, 4.69) is 4.72 Å². The summed E-state index contributed by atoms with van der Waals surface area (Å²) in [4.78, 5) is 14.5. The summed E-state index contributed by atoms with van der Waals surface area (Å²) in [6.07, 6.45) is 1.96. The first-order valence-electron chi connectivity index (χ1n) is 7.33. The van der Waals surface area contributed by atoms with E-state index >= 15 is 0 Å². The maximum atomic E-state index is 12.7. The Morgan fingerprint density at radius 3 is 2.61 bits per heavy atom. The van der Waals surface area contributed by atoms with Gasteiger partial charge in [0.05, 0.1) is 11.9 Å². The molecule has 23 heavy (non-hydrogen) atoms. The molecule has 2 aromatic rings. The van der Waals surface area contributed by atoms with Crippen LogP contribution in [0.25, 0.3) is 0 Å². The Bertz CT molecular complexity index is 875. The fourth-order valence-electron chi connectivity index (χ4n) is 2.82. The highest BCUT2D eigenvalue weighted by atomic mass is 32.2. The molecule has 1 heterocycles. The number of carbonyl (C=O) groups excluding carboxylic acids is 1. The summed E-state index contributed by atoms with van der Waals surface area (Å²) in [5.41, 5.74) is 3.89. The predicted octanol–water partition coefficient (Wildman–Crippen LogP) is 2.57. The zero-order valence-corrected chi connectivity index (χ0v) is 13.9. The van der Waals surface area contributed by atoms with Crippen molar-refractivity contribution in [3.8, 4) is 0 Å². The Morgan fingerprint density at radius 2 is 1.91 bits per heavy atom. The molecule has 2 aromatic carbocycles. The number of hydrogen-bond donors (Lipinski definition) is 1. The summed E-state index contributed by atoms with van der Waals surface area (Å²) in [6.45, 7) is 2.45. The fraction of sp³-hybridized carbons (Fsp3) is 0.235. The highest BCUT2D eigenvalue weighted by molar-refractivity contribution is 7.92. The number of amides is 1. The van der Waals surface area contributed by atoms with Gasteiger partial charge in [0.1, 0.15) is 0 Å². The van der Waals surface area contributed by atoms with Crippen LogP contribution >= 0.6 is 0 Å². The molecule has 0 aromatic heterocycles. The van der Waals surface area contributed by atoms with Crippen molar-refractivity contribution in [2.24, 2.45) is 0 Å². The van der Waals surface area contributed by atoms with Gasteiger partial charge in [-0.25, -0.2) is 8.42 Å². The Hall–Kier alpha value is -2.34. The summed E-state index contributed by atoms with van der Waals surface area (Å²) in [5.74, 6) is -0.0658. The number of sulfonamides is 1. The third-order valence-corrected chi connectivity index (χ3v) is 4.49. The quantitative estimate of drug-likeness (QED) is 0.940. The van der Waals surface area contributed by atoms with E-state index in [0.717, 1.165) is 18.4 Å². The van der Waals surface area contributed by atoms with E-state index in [9.17, 15) is 13.2 Å². The third-order valence-electron chi connectivity index (χ3n) is 3.90. The molecular formula is C17H18N2O3S. The summed E-state index contributed by atoms with van der Waals surface area (Å²) in [6, 6.07) is 12.9. The standard InChI is InChI=1S/C17H18N2O3S/c1-12-11-14(7-8-15(12)18-23(2,21)22)17(20)19-10-9-13-5-3-4-6-16(13)19/h3-8,11,18H,9-10H2,1-2H3. The van der Waals surface area contributed by atoms with Crippen molar-refractivity contribution in [1.29, 1.82) is 0 Å². The SMILES string of the molecule is Cc1cc(C(=O)N2CCc3ccccc32)ccc1NS(C)(=O)=O. The number of rotatable bonds is 3. The molecule has 1 N–H and O–H groups in total. The molecule has 1 aliphatic rings. The Labute approximate surface area is 136 Å². The molecule has 5 nitrogen and oxygen atoms in total. The molecule has 1 amide bonds. The van der Waals surface area contributed by atoms with Gasteiger partial charge in [0.15, 0.2) is 0 Å². The van der Waals surface area contributed by atoms with Crippen LogP contribution in [-0.2, 0) is 16.4 Å². The van der Waals surface area contributed by atoms with E-state index in [4.69, 9.17) is 0 Å². The minimum Gasteiger partial charge on any atom is -0.308 e. The molecule has 0 aliphatic carbocycles. The first-order chi connectivity index (χ1) is 10.8. The van der Waals surface area contributed by atoms with Crippen molar-refractivity contribution < 1.29 is 13.2 Å². The minimum atomic E-state index is -3.33. The van der Waals surface area contributed by atoms with Crippen LogP contribution in [0.3, 0.4) is 0 Å². The van der Waals surface area contributed by atoms with Gasteiger partial charge in [0.2, 0.25) is 10.0 Å². The van der Waals surface area contributed by atoms with E-state index in [1.54, 1.807) is 30.0 Å². The fourth-order valence-corrected chi connectivity index (χ4v) is 3.44. The van der Waals surface area contributed by atoms with Crippen LogP contribution in [0.1, 0.15) is 21.5 Å². The van der Waals surface area contributed by atoms with Crippen LogP contribution in [0.2, 0.25) is 0 Å². The van der Waals surface area contributed by atoms with Gasteiger partial charge >= 0.3 is 0 Å². The van der Waals surface area contributed by atoms with E-state index in [1.807, 2.05) is 24.3 Å². The minimum absolute atomic E-state index is 0.0658. The topological polar surface area (TPSA) is 66.5 Å². The van der Waals surface area contributed by atoms with E-state index in [-0.39, 0.29) is 5.91 Å². The lowest BCUT2D eigenvalue weighted by molar-refractivity contribution is 0.0989. The second-order valence-corrected chi connectivity index (χ2v) is 7.49. The Balaban J connectivity index is 1.88. The van der Waals surface area contributed by atoms with Crippen molar-refractivity contribution in [2.45, 2.75) is 13.3 Å². The molecular weight excluding hydrogens is 312 g/mol. The summed E-state index contributed by atoms with van der Waals surface area (Å²) in [5, 5.41) is 0. The van der Waals surface area contributed by atoms with Crippen molar-refractivity contribution in [3.63, 3.8) is 0 Å². The summed E-state index contributed by atoms with van der Waals surface area (Å²) < 4.78 is 25.1. The predicted molar refractivity (Wildman–Crippen MR) is 91.5 cm³/mol. The lowest BCUT2D eigenvalue weighted by Crippen LogP contribution is -2.29. The van der Waals surface area contributed by atoms with E-state index in [0.29, 0.717) is 23.4 Å². The number of hydrogen-bond acceptors (Lipinski definition) is 3. The van der Waals surface area contributed by atoms with Crippen LogP contribution in [0.15, 0.2) is 42.5 Å². The van der Waals surface area contributed by atoms with Crippen LogP contribution in [-0.4, -0.2) is 27.1 Å². The van der Waals surface area contributed by atoms with Crippen LogP contribution in [0.5, 0.6) is 0 Å². The van der Waals surface area contributed by atoms with Gasteiger partial charge in [-0.15, -0.1) is 0 Å². The van der Waals surface area contributed by atoms with Crippen LogP contribution < -0.4 is 9.62 Å². The molecule has 0 bridgehead atoms. The Kier molecular flexibility index (Phi) is 3.85. The van der Waals surface area contributed by atoms with Gasteiger partial charge in [-0.3, -0.25) is 9.52 Å².